The fraction of sp³-hybridized carbons (Fsp3) is 0.538. The van der Waals surface area contributed by atoms with Gasteiger partial charge >= 0.3 is 101 Å². The molecule has 1 aromatic carbocycles. The van der Waals surface area contributed by atoms with Crippen molar-refractivity contribution in [1.29, 1.82) is 0 Å². The van der Waals surface area contributed by atoms with Crippen molar-refractivity contribution < 1.29 is 16.3 Å². The van der Waals surface area contributed by atoms with Crippen molar-refractivity contribution in [2.75, 3.05) is 18.9 Å². The molecule has 0 heterocycles. The molecule has 110 valence electrons. The predicted molar refractivity (Wildman–Crippen MR) is 77.6 cm³/mol. The number of hydrogen-bond acceptors (Lipinski definition) is 5. The normalized spacial score (nSPS) is 11.3. The number of rotatable bonds is 7. The minimum atomic E-state index is -3.04. The van der Waals surface area contributed by atoms with Crippen molar-refractivity contribution in [2.24, 2.45) is 0 Å². The molecule has 1 atom stereocenters. The van der Waals surface area contributed by atoms with Crippen LogP contribution in [0.1, 0.15) is 33.1 Å². The first kappa shape index (κ1) is 18.1. The van der Waals surface area contributed by atoms with Gasteiger partial charge < -0.3 is 5.11 Å². The molecule has 0 saturated heterocycles. The third-order valence-electron chi connectivity index (χ3n) is 2.05. The van der Waals surface area contributed by atoms with Gasteiger partial charge in [-0.05, 0) is 6.92 Å². The molecule has 1 aromatic rings. The standard InChI is InChI=1S/C11H18AsNO3.C2H6O/c1-2-3-4-9-15-12(14)16-11-7-5-10(13)6-8-11;1-2-3/h5-8,12H,2-4,9,13H2,1H3;3H,2H2,1H3. The molecule has 6 heteroatoms. The van der Waals surface area contributed by atoms with Gasteiger partial charge in [0.2, 0.25) is 0 Å². The summed E-state index contributed by atoms with van der Waals surface area (Å²) in [6.45, 7) is 4.56. The van der Waals surface area contributed by atoms with E-state index in [9.17, 15) is 3.74 Å². The van der Waals surface area contributed by atoms with E-state index in [0.29, 0.717) is 18.0 Å². The average Bonchev–Trinajstić information content (AvgIpc) is 2.38. The van der Waals surface area contributed by atoms with E-state index < -0.39 is 15.3 Å². The van der Waals surface area contributed by atoms with Crippen molar-refractivity contribution >= 4 is 21.0 Å². The molecule has 1 rings (SSSR count). The van der Waals surface area contributed by atoms with Gasteiger partial charge in [-0.25, -0.2) is 0 Å². The molecule has 0 spiro atoms. The Labute approximate surface area is 119 Å². The minimum absolute atomic E-state index is 0.250. The summed E-state index contributed by atoms with van der Waals surface area (Å²) in [6, 6.07) is 6.79. The van der Waals surface area contributed by atoms with Crippen molar-refractivity contribution in [3.8, 4) is 5.75 Å². The van der Waals surface area contributed by atoms with E-state index in [0.717, 1.165) is 19.3 Å². The minimum Gasteiger partial charge on any atom is -0.397 e. The number of aliphatic hydroxyl groups excluding tert-OH is 1. The van der Waals surface area contributed by atoms with Crippen molar-refractivity contribution in [3.63, 3.8) is 0 Å². The van der Waals surface area contributed by atoms with Crippen LogP contribution in [0.4, 0.5) is 5.69 Å². The van der Waals surface area contributed by atoms with E-state index in [1.165, 1.54) is 0 Å². The van der Waals surface area contributed by atoms with Gasteiger partial charge in [-0.1, -0.05) is 0 Å². The van der Waals surface area contributed by atoms with Gasteiger partial charge in [-0.15, -0.1) is 0 Å². The molecule has 0 aliphatic carbocycles. The second-order valence-corrected chi connectivity index (χ2v) is 5.88. The fourth-order valence-corrected chi connectivity index (χ4v) is 2.63. The molecular formula is C13H24AsNO4. The van der Waals surface area contributed by atoms with Gasteiger partial charge in [0.05, 0.1) is 0 Å². The number of unbranched alkanes of at least 4 members (excludes halogenated alkanes) is 2. The van der Waals surface area contributed by atoms with Crippen molar-refractivity contribution in [2.45, 2.75) is 33.1 Å². The second-order valence-electron chi connectivity index (χ2n) is 3.79. The Hall–Kier alpha value is -0.902. The fourth-order valence-electron chi connectivity index (χ4n) is 1.17. The number of benzene rings is 1. The molecule has 3 N–H and O–H groups in total. The first-order valence-corrected chi connectivity index (χ1v) is 9.02. The van der Waals surface area contributed by atoms with E-state index in [4.69, 9.17) is 18.3 Å². The molecule has 0 amide bonds. The predicted octanol–water partition coefficient (Wildman–Crippen LogP) is 2.00. The van der Waals surface area contributed by atoms with Crippen LogP contribution in [0.15, 0.2) is 24.3 Å². The largest absolute Gasteiger partial charge is 0.397 e. The van der Waals surface area contributed by atoms with Crippen LogP contribution in [-0.4, -0.2) is 33.6 Å². The van der Waals surface area contributed by atoms with Crippen LogP contribution in [0.3, 0.4) is 0 Å². The van der Waals surface area contributed by atoms with Crippen LogP contribution in [0, 0.1) is 0 Å². The summed E-state index contributed by atoms with van der Waals surface area (Å²) in [7, 11) is 0. The first-order valence-electron chi connectivity index (χ1n) is 6.45. The smallest absolute Gasteiger partial charge is 0.0402 e. The molecule has 0 aromatic heterocycles. The number of nitrogens with two attached hydrogens (primary N) is 1. The van der Waals surface area contributed by atoms with Crippen molar-refractivity contribution in [3.05, 3.63) is 24.3 Å². The molecular weight excluding hydrogens is 309 g/mol. The zero-order chi connectivity index (χ0) is 14.5. The van der Waals surface area contributed by atoms with E-state index in [1.54, 1.807) is 31.2 Å². The summed E-state index contributed by atoms with van der Waals surface area (Å²) in [5, 5.41) is 7.57. The Kier molecular flexibility index (Phi) is 11.6. The van der Waals surface area contributed by atoms with E-state index in [2.05, 4.69) is 6.92 Å². The van der Waals surface area contributed by atoms with Crippen LogP contribution >= 0.6 is 0 Å². The van der Waals surface area contributed by atoms with Gasteiger partial charge in [0.15, 0.2) is 0 Å². The third-order valence-corrected chi connectivity index (χ3v) is 3.82. The zero-order valence-electron chi connectivity index (χ0n) is 11.6. The number of anilines is 1. The van der Waals surface area contributed by atoms with Gasteiger partial charge in [-0.2, -0.15) is 0 Å². The third kappa shape index (κ3) is 10.7. The summed E-state index contributed by atoms with van der Waals surface area (Å²) in [5.41, 5.74) is 6.18. The van der Waals surface area contributed by atoms with E-state index >= 15 is 0 Å². The summed E-state index contributed by atoms with van der Waals surface area (Å²) in [5.74, 6) is 0.551. The van der Waals surface area contributed by atoms with Gasteiger partial charge in [0, 0.05) is 6.61 Å². The Balaban J connectivity index is 0.000000982. The molecule has 0 aliphatic rings. The quantitative estimate of drug-likeness (QED) is 0.453. The van der Waals surface area contributed by atoms with Crippen LogP contribution in [0.2, 0.25) is 0 Å². The molecule has 5 nitrogen and oxygen atoms in total. The van der Waals surface area contributed by atoms with E-state index in [-0.39, 0.29) is 6.61 Å². The maximum atomic E-state index is 11.4. The maximum Gasteiger partial charge on any atom is 0.0402 e. The maximum absolute atomic E-state index is 11.4. The number of hydrogen-bond donors (Lipinski definition) is 2. The first-order chi connectivity index (χ1) is 9.13. The summed E-state index contributed by atoms with van der Waals surface area (Å²) >= 11 is -3.04. The monoisotopic (exact) mass is 333 g/mol. The second kappa shape index (κ2) is 12.1. The molecule has 1 unspecified atom stereocenters. The Morgan fingerprint density at radius 2 is 1.79 bits per heavy atom. The average molecular weight is 333 g/mol. The van der Waals surface area contributed by atoms with Gasteiger partial charge in [-0.3, -0.25) is 0 Å². The van der Waals surface area contributed by atoms with Crippen LogP contribution in [0.25, 0.3) is 0 Å². The van der Waals surface area contributed by atoms with Crippen LogP contribution in [-0.2, 0) is 7.47 Å². The molecule has 0 radical (unpaired) electrons. The van der Waals surface area contributed by atoms with Crippen LogP contribution < -0.4 is 9.46 Å². The molecule has 0 bridgehead atoms. The summed E-state index contributed by atoms with van der Waals surface area (Å²) in [4.78, 5) is 0. The molecule has 19 heavy (non-hydrogen) atoms. The van der Waals surface area contributed by atoms with Crippen molar-refractivity contribution in [1.82, 2.24) is 0 Å². The van der Waals surface area contributed by atoms with Gasteiger partial charge in [0.25, 0.3) is 0 Å². The Bertz CT molecular complexity index is 343. The zero-order valence-corrected chi connectivity index (χ0v) is 13.7. The topological polar surface area (TPSA) is 81.8 Å². The number of aliphatic hydroxyl groups is 1. The van der Waals surface area contributed by atoms with Gasteiger partial charge in [0.1, 0.15) is 0 Å². The molecule has 0 aliphatic heterocycles. The number of nitrogen functional groups attached to an aromatic ring is 1. The van der Waals surface area contributed by atoms with Crippen LogP contribution in [0.5, 0.6) is 5.75 Å². The SMILES string of the molecule is CCCCCO[AsH](=O)Oc1ccc(N)cc1.CCO. The molecule has 0 saturated carbocycles. The summed E-state index contributed by atoms with van der Waals surface area (Å²) < 4.78 is 21.8. The summed E-state index contributed by atoms with van der Waals surface area (Å²) in [6.07, 6.45) is 3.14. The Morgan fingerprint density at radius 3 is 2.32 bits per heavy atom. The molecule has 0 fully saturated rings. The Morgan fingerprint density at radius 1 is 1.21 bits per heavy atom. The van der Waals surface area contributed by atoms with E-state index in [1.807, 2.05) is 0 Å².